The number of benzene rings is 2. The van der Waals surface area contributed by atoms with Crippen molar-refractivity contribution < 1.29 is 18.3 Å². The van der Waals surface area contributed by atoms with Crippen molar-refractivity contribution in [3.8, 4) is 5.75 Å². The third kappa shape index (κ3) is 2.80. The molecular weight excluding hydrogens is 396 g/mol. The molecule has 138 valence electrons. The molecule has 1 aromatic heterocycles. The van der Waals surface area contributed by atoms with Gasteiger partial charge in [-0.05, 0) is 30.3 Å². The smallest absolute Gasteiger partial charge is 0.321 e. The predicted octanol–water partition coefficient (Wildman–Crippen LogP) is 4.52. The van der Waals surface area contributed by atoms with E-state index in [0.717, 1.165) is 22.3 Å². The number of anilines is 1. The molecule has 1 aliphatic heterocycles. The van der Waals surface area contributed by atoms with Crippen molar-refractivity contribution in [2.45, 2.75) is 12.0 Å². The number of amides is 2. The highest BCUT2D eigenvalue weighted by Gasteiger charge is 2.57. The van der Waals surface area contributed by atoms with Crippen LogP contribution in [0, 0.1) is 17.6 Å². The molecule has 3 atom stereocenters. The Labute approximate surface area is 161 Å². The molecule has 0 radical (unpaired) electrons. The lowest BCUT2D eigenvalue weighted by atomic mass is 10.0. The summed E-state index contributed by atoms with van der Waals surface area (Å²) in [5.41, 5.74) is 0.936. The number of fused-ring (bicyclic) bond motifs is 4. The lowest BCUT2D eigenvalue weighted by molar-refractivity contribution is 0.247. The zero-order valence-corrected chi connectivity index (χ0v) is 15.2. The molecule has 5 nitrogen and oxygen atoms in total. The number of ether oxygens (including phenoxy) is 1. The van der Waals surface area contributed by atoms with Gasteiger partial charge in [0.25, 0.3) is 0 Å². The van der Waals surface area contributed by atoms with Crippen molar-refractivity contribution in [2.75, 3.05) is 11.9 Å². The fourth-order valence-electron chi connectivity index (χ4n) is 3.59. The average molecular weight is 408 g/mol. The fraction of sp³-hybridized carbons (Fsp3) is 0.222. The summed E-state index contributed by atoms with van der Waals surface area (Å²) in [4.78, 5) is 16.7. The van der Waals surface area contributed by atoms with Gasteiger partial charge >= 0.3 is 6.03 Å². The maximum absolute atomic E-state index is 14.1. The fourth-order valence-corrected chi connectivity index (χ4v) is 4.73. The van der Waals surface area contributed by atoms with Gasteiger partial charge in [0, 0.05) is 28.5 Å². The number of rotatable bonds is 2. The molecule has 1 unspecified atom stereocenters. The van der Waals surface area contributed by atoms with Crippen LogP contribution < -0.4 is 15.4 Å². The zero-order chi connectivity index (χ0) is 18.7. The van der Waals surface area contributed by atoms with E-state index in [0.29, 0.717) is 10.2 Å². The molecule has 2 N–H and O–H groups in total. The SMILES string of the molecule is O=C(Nc1nc2ccc(Cl)cc2s1)NC1[C@H]2COc3c(F)ccc(F)c3[C@@H]12. The van der Waals surface area contributed by atoms with Crippen molar-refractivity contribution in [1.82, 2.24) is 10.3 Å². The van der Waals surface area contributed by atoms with Crippen molar-refractivity contribution in [2.24, 2.45) is 5.92 Å². The number of urea groups is 1. The van der Waals surface area contributed by atoms with Crippen LogP contribution in [0.25, 0.3) is 10.2 Å². The molecule has 1 fully saturated rings. The predicted molar refractivity (Wildman–Crippen MR) is 98.7 cm³/mol. The van der Waals surface area contributed by atoms with Crippen LogP contribution >= 0.6 is 22.9 Å². The van der Waals surface area contributed by atoms with Gasteiger partial charge in [0.15, 0.2) is 16.7 Å². The van der Waals surface area contributed by atoms with Crippen molar-refractivity contribution in [3.05, 3.63) is 52.6 Å². The molecule has 3 aromatic rings. The van der Waals surface area contributed by atoms with Gasteiger partial charge in [-0.25, -0.2) is 18.6 Å². The Morgan fingerprint density at radius 1 is 1.26 bits per heavy atom. The van der Waals surface area contributed by atoms with Gasteiger partial charge in [-0.2, -0.15) is 0 Å². The van der Waals surface area contributed by atoms with Gasteiger partial charge < -0.3 is 10.1 Å². The van der Waals surface area contributed by atoms with Gasteiger partial charge in [-0.15, -0.1) is 0 Å². The minimum Gasteiger partial charge on any atom is -0.490 e. The van der Waals surface area contributed by atoms with E-state index in [1.54, 1.807) is 18.2 Å². The highest BCUT2D eigenvalue weighted by Crippen LogP contribution is 2.55. The van der Waals surface area contributed by atoms with Crippen LogP contribution in [-0.2, 0) is 0 Å². The summed E-state index contributed by atoms with van der Waals surface area (Å²) in [5.74, 6) is -1.52. The highest BCUT2D eigenvalue weighted by atomic mass is 35.5. The number of nitrogens with zero attached hydrogens (tertiary/aromatic N) is 1. The van der Waals surface area contributed by atoms with Crippen LogP contribution in [0.1, 0.15) is 11.5 Å². The first-order chi connectivity index (χ1) is 13.0. The number of hydrogen-bond donors (Lipinski definition) is 2. The molecule has 5 rings (SSSR count). The topological polar surface area (TPSA) is 63.2 Å². The van der Waals surface area contributed by atoms with Gasteiger partial charge in [-0.3, -0.25) is 5.32 Å². The first-order valence-electron chi connectivity index (χ1n) is 8.25. The minimum atomic E-state index is -0.590. The molecule has 1 saturated carbocycles. The molecule has 2 amide bonds. The average Bonchev–Trinajstić information content (AvgIpc) is 3.17. The Hall–Kier alpha value is -2.45. The normalized spacial score (nSPS) is 22.6. The quantitative estimate of drug-likeness (QED) is 0.656. The van der Waals surface area contributed by atoms with Crippen LogP contribution in [0.15, 0.2) is 30.3 Å². The van der Waals surface area contributed by atoms with Gasteiger partial charge in [0.1, 0.15) is 5.82 Å². The summed E-state index contributed by atoms with van der Waals surface area (Å²) in [7, 11) is 0. The first-order valence-corrected chi connectivity index (χ1v) is 9.45. The van der Waals surface area contributed by atoms with E-state index in [1.165, 1.54) is 11.3 Å². The van der Waals surface area contributed by atoms with Crippen molar-refractivity contribution in [1.29, 1.82) is 0 Å². The summed E-state index contributed by atoms with van der Waals surface area (Å²) in [5, 5.41) is 6.52. The Morgan fingerprint density at radius 3 is 2.93 bits per heavy atom. The molecule has 2 aliphatic rings. The second-order valence-corrected chi connectivity index (χ2v) is 8.00. The van der Waals surface area contributed by atoms with E-state index in [-0.39, 0.29) is 35.8 Å². The van der Waals surface area contributed by atoms with Crippen LogP contribution in [0.3, 0.4) is 0 Å². The van der Waals surface area contributed by atoms with E-state index in [4.69, 9.17) is 16.3 Å². The summed E-state index contributed by atoms with van der Waals surface area (Å²) < 4.78 is 34.2. The van der Waals surface area contributed by atoms with Crippen molar-refractivity contribution in [3.63, 3.8) is 0 Å². The number of thiazole rings is 1. The first kappa shape index (κ1) is 16.7. The third-order valence-electron chi connectivity index (χ3n) is 4.89. The monoisotopic (exact) mass is 407 g/mol. The lowest BCUT2D eigenvalue weighted by Crippen LogP contribution is -2.32. The second-order valence-electron chi connectivity index (χ2n) is 6.53. The molecule has 2 heterocycles. The van der Waals surface area contributed by atoms with Gasteiger partial charge in [-0.1, -0.05) is 22.9 Å². The number of carbonyl (C=O) groups excluding carboxylic acids is 1. The Balaban J connectivity index is 1.31. The van der Waals surface area contributed by atoms with Gasteiger partial charge in [0.05, 0.1) is 16.8 Å². The van der Waals surface area contributed by atoms with Gasteiger partial charge in [0.2, 0.25) is 0 Å². The van der Waals surface area contributed by atoms with Crippen LogP contribution in [0.5, 0.6) is 5.75 Å². The maximum atomic E-state index is 14.1. The van der Waals surface area contributed by atoms with E-state index in [1.807, 2.05) is 0 Å². The number of carbonyl (C=O) groups is 1. The van der Waals surface area contributed by atoms with Crippen LogP contribution in [-0.4, -0.2) is 23.7 Å². The van der Waals surface area contributed by atoms with E-state index in [2.05, 4.69) is 15.6 Å². The van der Waals surface area contributed by atoms with E-state index >= 15 is 0 Å². The largest absolute Gasteiger partial charge is 0.490 e. The standard InChI is InChI=1S/C18H12ClF2N3O2S/c19-7-1-4-11-12(5-7)27-18(22-11)24-17(25)23-15-8-6-26-16-10(21)3-2-9(20)14(16)13(8)15/h1-5,8,13,15H,6H2,(H2,22,23,24,25)/t8-,13-,15?/m0/s1. The van der Waals surface area contributed by atoms with Crippen LogP contribution in [0.2, 0.25) is 5.02 Å². The minimum absolute atomic E-state index is 0.0518. The zero-order valence-electron chi connectivity index (χ0n) is 13.6. The highest BCUT2D eigenvalue weighted by molar-refractivity contribution is 7.22. The molecule has 0 bridgehead atoms. The molecule has 0 saturated heterocycles. The molecule has 9 heteroatoms. The number of aromatic nitrogens is 1. The Bertz CT molecular complexity index is 1090. The lowest BCUT2D eigenvalue weighted by Gasteiger charge is -2.16. The summed E-state index contributed by atoms with van der Waals surface area (Å²) in [6.07, 6.45) is 0. The molecule has 2 aromatic carbocycles. The third-order valence-corrected chi connectivity index (χ3v) is 6.05. The van der Waals surface area contributed by atoms with E-state index < -0.39 is 17.7 Å². The van der Waals surface area contributed by atoms with Crippen molar-refractivity contribution >= 4 is 44.3 Å². The second kappa shape index (κ2) is 6.03. The summed E-state index contributed by atoms with van der Waals surface area (Å²) in [6, 6.07) is 6.65. The molecule has 27 heavy (non-hydrogen) atoms. The molecule has 1 aliphatic carbocycles. The summed E-state index contributed by atoms with van der Waals surface area (Å²) in [6.45, 7) is 0.239. The Kier molecular flexibility index (Phi) is 3.73. The van der Waals surface area contributed by atoms with Crippen LogP contribution in [0.4, 0.5) is 18.7 Å². The maximum Gasteiger partial charge on any atom is 0.321 e. The molecule has 0 spiro atoms. The van der Waals surface area contributed by atoms with E-state index in [9.17, 15) is 13.6 Å². The number of halogens is 3. The number of nitrogens with one attached hydrogen (secondary N) is 2. The molecular formula is C18H12ClF2N3O2S. The summed E-state index contributed by atoms with van der Waals surface area (Å²) >= 11 is 7.26. The number of hydrogen-bond acceptors (Lipinski definition) is 4. The Morgan fingerprint density at radius 2 is 2.07 bits per heavy atom.